The number of hydrogen-bond acceptors (Lipinski definition) is 3. The van der Waals surface area contributed by atoms with Crippen molar-refractivity contribution in [3.8, 4) is 0 Å². The molecule has 0 aromatic heterocycles. The van der Waals surface area contributed by atoms with Crippen LogP contribution in [0.15, 0.2) is 18.2 Å². The summed E-state index contributed by atoms with van der Waals surface area (Å²) in [5.74, 6) is -0.573. The topological polar surface area (TPSA) is 69.2 Å². The predicted molar refractivity (Wildman–Crippen MR) is 50.4 cm³/mol. The molecule has 0 heterocycles. The molecule has 0 aliphatic rings. The lowest BCUT2D eigenvalue weighted by Crippen LogP contribution is -2.19. The van der Waals surface area contributed by atoms with Gasteiger partial charge in [-0.25, -0.2) is 4.39 Å². The zero-order valence-corrected chi connectivity index (χ0v) is 7.74. The van der Waals surface area contributed by atoms with Crippen LogP contribution >= 0.6 is 0 Å². The standard InChI is InChI=1S/C9H11FN2O2/c1-6(11)5-7-8(10)3-2-4-9(7)12(13)14/h2-4,6H,5,11H2,1H3/t6-/m1/s1. The van der Waals surface area contributed by atoms with Crippen LogP contribution in [0.1, 0.15) is 12.5 Å². The van der Waals surface area contributed by atoms with E-state index in [1.165, 1.54) is 18.2 Å². The zero-order chi connectivity index (χ0) is 10.7. The van der Waals surface area contributed by atoms with Crippen LogP contribution in [-0.2, 0) is 6.42 Å². The van der Waals surface area contributed by atoms with E-state index in [0.29, 0.717) is 0 Å². The fourth-order valence-corrected chi connectivity index (χ4v) is 1.24. The molecule has 0 saturated heterocycles. The Bertz CT molecular complexity index is 353. The van der Waals surface area contributed by atoms with Gasteiger partial charge in [-0.05, 0) is 19.4 Å². The fraction of sp³-hybridized carbons (Fsp3) is 0.333. The molecule has 0 amide bonds. The van der Waals surface area contributed by atoms with E-state index in [1.54, 1.807) is 6.92 Å². The van der Waals surface area contributed by atoms with Gasteiger partial charge in [-0.2, -0.15) is 0 Å². The Hall–Kier alpha value is -1.49. The van der Waals surface area contributed by atoms with Crippen molar-refractivity contribution in [1.29, 1.82) is 0 Å². The van der Waals surface area contributed by atoms with Crippen molar-refractivity contribution >= 4 is 5.69 Å². The summed E-state index contributed by atoms with van der Waals surface area (Å²) in [6.07, 6.45) is 0.170. The summed E-state index contributed by atoms with van der Waals surface area (Å²) < 4.78 is 13.2. The Morgan fingerprint density at radius 1 is 1.64 bits per heavy atom. The minimum absolute atomic E-state index is 0.0764. The molecule has 0 fully saturated rings. The summed E-state index contributed by atoms with van der Waals surface area (Å²) in [6, 6.07) is 3.49. The zero-order valence-electron chi connectivity index (χ0n) is 7.74. The largest absolute Gasteiger partial charge is 0.328 e. The predicted octanol–water partition coefficient (Wildman–Crippen LogP) is 1.62. The molecule has 0 radical (unpaired) electrons. The highest BCUT2D eigenvalue weighted by atomic mass is 19.1. The molecule has 0 bridgehead atoms. The van der Waals surface area contributed by atoms with Crippen molar-refractivity contribution in [2.75, 3.05) is 0 Å². The lowest BCUT2D eigenvalue weighted by atomic mass is 10.1. The van der Waals surface area contributed by atoms with Gasteiger partial charge in [-0.15, -0.1) is 0 Å². The molecule has 0 aliphatic carbocycles. The molecule has 1 aromatic rings. The molecule has 0 spiro atoms. The highest BCUT2D eigenvalue weighted by Gasteiger charge is 2.18. The normalized spacial score (nSPS) is 12.5. The Morgan fingerprint density at radius 2 is 2.29 bits per heavy atom. The van der Waals surface area contributed by atoms with Crippen molar-refractivity contribution < 1.29 is 9.31 Å². The molecular formula is C9H11FN2O2. The minimum atomic E-state index is -0.596. The lowest BCUT2D eigenvalue weighted by molar-refractivity contribution is -0.385. The molecule has 1 aromatic carbocycles. The average Bonchev–Trinajstić information content (AvgIpc) is 2.07. The Balaban J connectivity index is 3.15. The first-order valence-electron chi connectivity index (χ1n) is 4.19. The van der Waals surface area contributed by atoms with E-state index in [1.807, 2.05) is 0 Å². The van der Waals surface area contributed by atoms with Gasteiger partial charge in [0.1, 0.15) is 5.82 Å². The first-order valence-corrected chi connectivity index (χ1v) is 4.19. The number of halogens is 1. The van der Waals surface area contributed by atoms with E-state index in [4.69, 9.17) is 5.73 Å². The second kappa shape index (κ2) is 4.15. The van der Waals surface area contributed by atoms with Crippen LogP contribution in [0.2, 0.25) is 0 Å². The van der Waals surface area contributed by atoms with Gasteiger partial charge in [0.15, 0.2) is 0 Å². The van der Waals surface area contributed by atoms with E-state index in [9.17, 15) is 14.5 Å². The second-order valence-corrected chi connectivity index (χ2v) is 3.18. The maximum Gasteiger partial charge on any atom is 0.275 e. The van der Waals surface area contributed by atoms with Crippen LogP contribution in [0.5, 0.6) is 0 Å². The van der Waals surface area contributed by atoms with Crippen molar-refractivity contribution in [2.24, 2.45) is 5.73 Å². The number of nitrogens with two attached hydrogens (primary N) is 1. The van der Waals surface area contributed by atoms with Gasteiger partial charge in [0, 0.05) is 12.1 Å². The maximum atomic E-state index is 13.2. The van der Waals surface area contributed by atoms with Gasteiger partial charge in [-0.1, -0.05) is 6.07 Å². The average molecular weight is 198 g/mol. The summed E-state index contributed by atoms with van der Waals surface area (Å²) >= 11 is 0. The van der Waals surface area contributed by atoms with Crippen LogP contribution in [0.4, 0.5) is 10.1 Å². The summed E-state index contributed by atoms with van der Waals surface area (Å²) in [6.45, 7) is 1.68. The molecule has 0 unspecified atom stereocenters. The number of benzene rings is 1. The van der Waals surface area contributed by atoms with E-state index in [-0.39, 0.29) is 23.7 Å². The summed E-state index contributed by atoms with van der Waals surface area (Å²) in [7, 11) is 0. The molecule has 1 rings (SSSR count). The quantitative estimate of drug-likeness (QED) is 0.592. The summed E-state index contributed by atoms with van der Waals surface area (Å²) in [5.41, 5.74) is 5.34. The Labute approximate surface area is 80.7 Å². The molecule has 2 N–H and O–H groups in total. The van der Waals surface area contributed by atoms with Crippen molar-refractivity contribution in [1.82, 2.24) is 0 Å². The maximum absolute atomic E-state index is 13.2. The van der Waals surface area contributed by atoms with Crippen molar-refractivity contribution in [2.45, 2.75) is 19.4 Å². The van der Waals surface area contributed by atoms with Gasteiger partial charge in [0.25, 0.3) is 5.69 Å². The number of rotatable bonds is 3. The van der Waals surface area contributed by atoms with Crippen LogP contribution in [0.25, 0.3) is 0 Å². The SMILES string of the molecule is C[C@@H](N)Cc1c(F)cccc1[N+](=O)[O-]. The molecule has 76 valence electrons. The van der Waals surface area contributed by atoms with Crippen LogP contribution in [0, 0.1) is 15.9 Å². The highest BCUT2D eigenvalue weighted by molar-refractivity contribution is 5.41. The molecular weight excluding hydrogens is 187 g/mol. The van der Waals surface area contributed by atoms with E-state index >= 15 is 0 Å². The van der Waals surface area contributed by atoms with Gasteiger partial charge in [-0.3, -0.25) is 10.1 Å². The second-order valence-electron chi connectivity index (χ2n) is 3.18. The third-order valence-corrected chi connectivity index (χ3v) is 1.82. The molecule has 1 atom stereocenters. The monoisotopic (exact) mass is 198 g/mol. The number of nitrogens with zero attached hydrogens (tertiary/aromatic N) is 1. The Morgan fingerprint density at radius 3 is 2.79 bits per heavy atom. The number of nitro benzene ring substituents is 1. The van der Waals surface area contributed by atoms with E-state index < -0.39 is 10.7 Å². The molecule has 4 nitrogen and oxygen atoms in total. The number of nitro groups is 1. The third kappa shape index (κ3) is 2.26. The fourth-order valence-electron chi connectivity index (χ4n) is 1.24. The van der Waals surface area contributed by atoms with E-state index in [2.05, 4.69) is 0 Å². The van der Waals surface area contributed by atoms with Crippen molar-refractivity contribution in [3.63, 3.8) is 0 Å². The van der Waals surface area contributed by atoms with Gasteiger partial charge in [0.05, 0.1) is 10.5 Å². The molecule has 0 saturated carbocycles. The van der Waals surface area contributed by atoms with Gasteiger partial charge < -0.3 is 5.73 Å². The molecule has 0 aliphatic heterocycles. The van der Waals surface area contributed by atoms with E-state index in [0.717, 1.165) is 0 Å². The van der Waals surface area contributed by atoms with Crippen molar-refractivity contribution in [3.05, 3.63) is 39.7 Å². The van der Waals surface area contributed by atoms with Crippen LogP contribution < -0.4 is 5.73 Å². The van der Waals surface area contributed by atoms with Crippen LogP contribution in [-0.4, -0.2) is 11.0 Å². The summed E-state index contributed by atoms with van der Waals surface area (Å²) in [4.78, 5) is 9.96. The minimum Gasteiger partial charge on any atom is -0.328 e. The van der Waals surface area contributed by atoms with Gasteiger partial charge in [0.2, 0.25) is 0 Å². The smallest absolute Gasteiger partial charge is 0.275 e. The van der Waals surface area contributed by atoms with Gasteiger partial charge >= 0.3 is 0 Å². The molecule has 14 heavy (non-hydrogen) atoms. The Kier molecular flexibility index (Phi) is 3.14. The molecule has 5 heteroatoms. The summed E-state index contributed by atoms with van der Waals surface area (Å²) in [5, 5.41) is 10.6. The lowest BCUT2D eigenvalue weighted by Gasteiger charge is -2.06. The third-order valence-electron chi connectivity index (χ3n) is 1.82. The number of hydrogen-bond donors (Lipinski definition) is 1. The highest BCUT2D eigenvalue weighted by Crippen LogP contribution is 2.22. The first-order chi connectivity index (χ1) is 6.52. The first kappa shape index (κ1) is 10.6. The van der Waals surface area contributed by atoms with Crippen LogP contribution in [0.3, 0.4) is 0 Å².